The van der Waals surface area contributed by atoms with Crippen LogP contribution in [0.5, 0.6) is 0 Å². The van der Waals surface area contributed by atoms with Gasteiger partial charge in [-0.2, -0.15) is 23.5 Å². The van der Waals surface area contributed by atoms with Crippen molar-refractivity contribution in [3.63, 3.8) is 0 Å². The molecule has 0 aromatic heterocycles. The molecule has 3 heteroatoms. The van der Waals surface area contributed by atoms with Crippen molar-refractivity contribution >= 4 is 23.5 Å². The van der Waals surface area contributed by atoms with Crippen LogP contribution >= 0.6 is 23.5 Å². The molecule has 1 saturated heterocycles. The van der Waals surface area contributed by atoms with E-state index in [2.05, 4.69) is 35.8 Å². The van der Waals surface area contributed by atoms with E-state index >= 15 is 0 Å². The maximum Gasteiger partial charge on any atom is 0.0201 e. The van der Waals surface area contributed by atoms with Crippen LogP contribution in [0.4, 0.5) is 0 Å². The first-order chi connectivity index (χ1) is 7.40. The van der Waals surface area contributed by atoms with Gasteiger partial charge in [0.25, 0.3) is 0 Å². The lowest BCUT2D eigenvalue weighted by molar-refractivity contribution is 0.459. The fourth-order valence-corrected chi connectivity index (χ4v) is 5.15. The molecule has 0 radical (unpaired) electrons. The summed E-state index contributed by atoms with van der Waals surface area (Å²) in [7, 11) is 0. The zero-order chi connectivity index (χ0) is 10.5. The zero-order valence-electron chi connectivity index (χ0n) is 9.71. The van der Waals surface area contributed by atoms with E-state index in [1.807, 2.05) is 0 Å². The molecule has 0 aromatic rings. The lowest BCUT2D eigenvalue weighted by Gasteiger charge is -2.21. The van der Waals surface area contributed by atoms with Gasteiger partial charge in [-0.15, -0.1) is 0 Å². The van der Waals surface area contributed by atoms with E-state index in [1.54, 1.807) is 0 Å². The molecule has 1 aliphatic carbocycles. The molecular formula is C12H23NS2. The van der Waals surface area contributed by atoms with Crippen molar-refractivity contribution in [3.8, 4) is 0 Å². The smallest absolute Gasteiger partial charge is 0.0201 e. The molecule has 88 valence electrons. The molecular weight excluding hydrogens is 222 g/mol. The third-order valence-corrected chi connectivity index (χ3v) is 6.08. The molecule has 3 unspecified atom stereocenters. The average molecular weight is 245 g/mol. The number of hydrogen-bond acceptors (Lipinski definition) is 3. The van der Waals surface area contributed by atoms with Crippen molar-refractivity contribution in [1.29, 1.82) is 0 Å². The van der Waals surface area contributed by atoms with Crippen LogP contribution in [0, 0.1) is 5.92 Å². The van der Waals surface area contributed by atoms with Crippen LogP contribution in [0.1, 0.15) is 32.6 Å². The largest absolute Gasteiger partial charge is 0.313 e. The maximum absolute atomic E-state index is 3.82. The predicted molar refractivity (Wildman–Crippen MR) is 73.0 cm³/mol. The van der Waals surface area contributed by atoms with Crippen LogP contribution in [0.3, 0.4) is 0 Å². The van der Waals surface area contributed by atoms with Gasteiger partial charge in [-0.3, -0.25) is 0 Å². The van der Waals surface area contributed by atoms with Crippen molar-refractivity contribution in [2.45, 2.75) is 43.9 Å². The highest BCUT2D eigenvalue weighted by molar-refractivity contribution is 8.00. The van der Waals surface area contributed by atoms with E-state index in [0.29, 0.717) is 0 Å². The van der Waals surface area contributed by atoms with Crippen LogP contribution in [-0.4, -0.2) is 35.1 Å². The van der Waals surface area contributed by atoms with Crippen molar-refractivity contribution in [2.24, 2.45) is 5.92 Å². The van der Waals surface area contributed by atoms with Gasteiger partial charge in [-0.05, 0) is 49.0 Å². The van der Waals surface area contributed by atoms with Gasteiger partial charge in [-0.1, -0.05) is 13.3 Å². The van der Waals surface area contributed by atoms with E-state index < -0.39 is 0 Å². The molecule has 1 heterocycles. The molecule has 2 rings (SSSR count). The molecule has 0 amide bonds. The summed E-state index contributed by atoms with van der Waals surface area (Å²) >= 11 is 4.29. The number of hydrogen-bond donors (Lipinski definition) is 1. The molecule has 2 fully saturated rings. The Labute approximate surface area is 103 Å². The lowest BCUT2D eigenvalue weighted by atomic mass is 10.1. The average Bonchev–Trinajstić information content (AvgIpc) is 2.85. The van der Waals surface area contributed by atoms with E-state index in [9.17, 15) is 0 Å². The van der Waals surface area contributed by atoms with Crippen molar-refractivity contribution in [2.75, 3.05) is 23.8 Å². The standard InChI is InChI=1S/C12H23NS2/c1-2-15-12-5-3-4-11(12)13-8-10-6-7-14-9-10/h10-13H,2-9H2,1H3. The third kappa shape index (κ3) is 3.57. The quantitative estimate of drug-likeness (QED) is 0.800. The van der Waals surface area contributed by atoms with Gasteiger partial charge in [0.05, 0.1) is 0 Å². The molecule has 0 spiro atoms. The molecule has 1 N–H and O–H groups in total. The zero-order valence-corrected chi connectivity index (χ0v) is 11.3. The molecule has 1 nitrogen and oxygen atoms in total. The Balaban J connectivity index is 1.68. The number of nitrogens with one attached hydrogen (secondary N) is 1. The Morgan fingerprint density at radius 3 is 3.00 bits per heavy atom. The molecule has 3 atom stereocenters. The highest BCUT2D eigenvalue weighted by atomic mass is 32.2. The minimum Gasteiger partial charge on any atom is -0.313 e. The van der Waals surface area contributed by atoms with Crippen molar-refractivity contribution in [1.82, 2.24) is 5.32 Å². The summed E-state index contributed by atoms with van der Waals surface area (Å²) in [4.78, 5) is 0. The fourth-order valence-electron chi connectivity index (χ4n) is 2.64. The molecule has 0 bridgehead atoms. The van der Waals surface area contributed by atoms with Gasteiger partial charge in [0.15, 0.2) is 0 Å². The van der Waals surface area contributed by atoms with Gasteiger partial charge in [0.2, 0.25) is 0 Å². The Morgan fingerprint density at radius 2 is 2.27 bits per heavy atom. The minimum absolute atomic E-state index is 0.820. The summed E-state index contributed by atoms with van der Waals surface area (Å²) in [6, 6.07) is 0.820. The van der Waals surface area contributed by atoms with E-state index in [4.69, 9.17) is 0 Å². The second-order valence-electron chi connectivity index (χ2n) is 4.67. The highest BCUT2D eigenvalue weighted by Crippen LogP contribution is 2.30. The van der Waals surface area contributed by atoms with Crippen LogP contribution in [0.15, 0.2) is 0 Å². The van der Waals surface area contributed by atoms with E-state index in [-0.39, 0.29) is 0 Å². The topological polar surface area (TPSA) is 12.0 Å². The summed E-state index contributed by atoms with van der Waals surface area (Å²) < 4.78 is 0. The SMILES string of the molecule is CCSC1CCCC1NCC1CCSC1. The second-order valence-corrected chi connectivity index (χ2v) is 7.34. The van der Waals surface area contributed by atoms with Gasteiger partial charge in [0.1, 0.15) is 0 Å². The summed E-state index contributed by atoms with van der Waals surface area (Å²) in [6.45, 7) is 3.56. The van der Waals surface area contributed by atoms with Crippen molar-refractivity contribution in [3.05, 3.63) is 0 Å². The van der Waals surface area contributed by atoms with Crippen molar-refractivity contribution < 1.29 is 0 Å². The van der Waals surface area contributed by atoms with Crippen LogP contribution in [0.25, 0.3) is 0 Å². The lowest BCUT2D eigenvalue weighted by Crippen LogP contribution is -2.37. The molecule has 15 heavy (non-hydrogen) atoms. The molecule has 1 saturated carbocycles. The first-order valence-electron chi connectivity index (χ1n) is 6.33. The first kappa shape index (κ1) is 12.1. The molecule has 1 aliphatic heterocycles. The van der Waals surface area contributed by atoms with Gasteiger partial charge >= 0.3 is 0 Å². The predicted octanol–water partition coefficient (Wildman–Crippen LogP) is 3.00. The normalized spacial score (nSPS) is 36.2. The third-order valence-electron chi connectivity index (χ3n) is 3.53. The van der Waals surface area contributed by atoms with Gasteiger partial charge in [-0.25, -0.2) is 0 Å². The Hall–Kier alpha value is 0.660. The highest BCUT2D eigenvalue weighted by Gasteiger charge is 2.27. The monoisotopic (exact) mass is 245 g/mol. The van der Waals surface area contributed by atoms with E-state index in [0.717, 1.165) is 17.2 Å². The molecule has 0 aromatic carbocycles. The minimum atomic E-state index is 0.820. The number of rotatable bonds is 5. The number of thioether (sulfide) groups is 2. The van der Waals surface area contributed by atoms with Gasteiger partial charge in [0, 0.05) is 11.3 Å². The van der Waals surface area contributed by atoms with Crippen LogP contribution < -0.4 is 5.32 Å². The fraction of sp³-hybridized carbons (Fsp3) is 1.00. The summed E-state index contributed by atoms with van der Waals surface area (Å²) in [5, 5.41) is 4.73. The van der Waals surface area contributed by atoms with E-state index in [1.165, 1.54) is 49.5 Å². The Kier molecular flexibility index (Phi) is 5.18. The maximum atomic E-state index is 3.82. The van der Waals surface area contributed by atoms with Gasteiger partial charge < -0.3 is 5.32 Å². The van der Waals surface area contributed by atoms with Crippen LogP contribution in [0.2, 0.25) is 0 Å². The summed E-state index contributed by atoms with van der Waals surface area (Å²) in [5.41, 5.74) is 0. The second kappa shape index (κ2) is 6.41. The Bertz CT molecular complexity index is 180. The summed E-state index contributed by atoms with van der Waals surface area (Å²) in [6.07, 6.45) is 5.73. The molecule has 2 aliphatic rings. The van der Waals surface area contributed by atoms with Crippen LogP contribution in [-0.2, 0) is 0 Å². The summed E-state index contributed by atoms with van der Waals surface area (Å²) in [5.74, 6) is 5.03. The Morgan fingerprint density at radius 1 is 1.33 bits per heavy atom. The first-order valence-corrected chi connectivity index (χ1v) is 8.53.